The van der Waals surface area contributed by atoms with Gasteiger partial charge in [-0.1, -0.05) is 122 Å². The summed E-state index contributed by atoms with van der Waals surface area (Å²) >= 11 is 0. The largest absolute Gasteiger partial charge is 0.445 e. The van der Waals surface area contributed by atoms with E-state index in [0.29, 0.717) is 49.9 Å². The quantitative estimate of drug-likeness (QED) is 0.0375. The monoisotopic (exact) mass is 1310 g/mol. The molecule has 26 heteroatoms. The third-order valence-electron chi connectivity index (χ3n) is 17.1. The van der Waals surface area contributed by atoms with Crippen LogP contribution in [0.15, 0.2) is 78.9 Å². The van der Waals surface area contributed by atoms with Crippen molar-refractivity contribution in [2.45, 2.75) is 155 Å². The highest BCUT2D eigenvalue weighted by atomic mass is 16.6. The molecule has 94 heavy (non-hydrogen) atoms. The van der Waals surface area contributed by atoms with Crippen LogP contribution in [0.3, 0.4) is 0 Å². The molecule has 3 aromatic carbocycles. The number of hydrogen-bond acceptors (Lipinski definition) is 16. The fourth-order valence-corrected chi connectivity index (χ4v) is 11.7. The number of likely N-dealkylation sites (N-methyl/N-ethyl adjacent to an activating group) is 2. The van der Waals surface area contributed by atoms with Crippen LogP contribution < -0.4 is 43.0 Å². The topological polar surface area (TPSA) is 342 Å². The van der Waals surface area contributed by atoms with Crippen LogP contribution in [-0.4, -0.2) is 214 Å². The van der Waals surface area contributed by atoms with Gasteiger partial charge in [0.1, 0.15) is 24.7 Å². The zero-order valence-electron chi connectivity index (χ0n) is 57.3. The third-order valence-corrected chi connectivity index (χ3v) is 17.1. The molecule has 0 bridgehead atoms. The molecule has 4 rings (SSSR count). The molecular formula is C68H104N12O14. The highest BCUT2D eigenvalue weighted by molar-refractivity contribution is 6.00. The molecule has 1 fully saturated rings. The number of ether oxygens (including phenoxy) is 3. The summed E-state index contributed by atoms with van der Waals surface area (Å²) in [6.45, 7) is 14.1. The Labute approximate surface area is 554 Å². The highest BCUT2D eigenvalue weighted by Gasteiger charge is 2.44. The number of anilines is 1. The first-order chi connectivity index (χ1) is 44.6. The average Bonchev–Trinajstić information content (AvgIpc) is 1.33. The Hall–Kier alpha value is -8.04. The predicted octanol–water partition coefficient (Wildman–Crippen LogP) is 3.12. The van der Waals surface area contributed by atoms with Crippen molar-refractivity contribution in [1.82, 2.24) is 51.5 Å². The Morgan fingerprint density at radius 2 is 1.37 bits per heavy atom. The molecule has 3 aromatic rings. The normalized spacial score (nSPS) is 16.2. The summed E-state index contributed by atoms with van der Waals surface area (Å²) in [5.74, 6) is -6.61. The summed E-state index contributed by atoms with van der Waals surface area (Å²) in [6.07, 6.45) is -0.903. The number of hydrogen-bond donors (Lipinski definition) is 9. The van der Waals surface area contributed by atoms with Crippen LogP contribution >= 0.6 is 0 Å². The lowest BCUT2D eigenvalue weighted by Crippen LogP contribution is -2.60. The summed E-state index contributed by atoms with van der Waals surface area (Å²) in [4.78, 5) is 143. The first-order valence-electron chi connectivity index (χ1n) is 32.4. The molecule has 0 spiro atoms. The minimum atomic E-state index is -1.16. The van der Waals surface area contributed by atoms with Gasteiger partial charge in [-0.2, -0.15) is 0 Å². The molecule has 1 heterocycles. The van der Waals surface area contributed by atoms with Crippen LogP contribution in [0, 0.1) is 23.7 Å². The van der Waals surface area contributed by atoms with Crippen LogP contribution in [0.25, 0.3) is 0 Å². The molecule has 520 valence electrons. The first-order valence-corrected chi connectivity index (χ1v) is 32.4. The highest BCUT2D eigenvalue weighted by Crippen LogP contribution is 2.31. The lowest BCUT2D eigenvalue weighted by atomic mass is 9.89. The van der Waals surface area contributed by atoms with Crippen molar-refractivity contribution in [1.29, 1.82) is 0 Å². The molecule has 11 atom stereocenters. The maximum absolute atomic E-state index is 14.9. The van der Waals surface area contributed by atoms with Crippen LogP contribution in [0.5, 0.6) is 0 Å². The SMILES string of the molecule is CC[C@H](C)[C@@H]([C@@H](CC(=O)N1CCC[C@H]1[C@H](OC)[C@@H](C)C(=O)N[C@H](C)[C@@H](O)c1ccccc1)OC)N(C)C(=O)[C@@H](NC(=O)[C@H](C(C)C)N(C)C(=O)OCc1ccc(NC(=O)CNC(=O)[C@H](Cc2ccccc2)NC(=O)CNC(=O)CN)cc1C(=O)NCCCN(C)C)C(C)C. The van der Waals surface area contributed by atoms with E-state index >= 15 is 0 Å². The van der Waals surface area contributed by atoms with Gasteiger partial charge in [-0.15, -0.1) is 0 Å². The number of nitrogens with one attached hydrogen (secondary N) is 7. The maximum atomic E-state index is 14.9. The van der Waals surface area contributed by atoms with E-state index in [1.165, 1.54) is 44.4 Å². The lowest BCUT2D eigenvalue weighted by molar-refractivity contribution is -0.148. The van der Waals surface area contributed by atoms with Crippen LogP contribution in [0.1, 0.15) is 121 Å². The number of rotatable bonds is 37. The Bertz CT molecular complexity index is 2970. The zero-order chi connectivity index (χ0) is 69.9. The number of benzene rings is 3. The van der Waals surface area contributed by atoms with E-state index in [9.17, 15) is 53.1 Å². The number of aliphatic hydroxyl groups excluding tert-OH is 1. The van der Waals surface area contributed by atoms with Gasteiger partial charge >= 0.3 is 6.09 Å². The van der Waals surface area contributed by atoms with E-state index in [2.05, 4.69) is 37.2 Å². The number of nitrogens with zero attached hydrogens (tertiary/aromatic N) is 4. The molecule has 1 aliphatic heterocycles. The van der Waals surface area contributed by atoms with Crippen molar-refractivity contribution in [3.63, 3.8) is 0 Å². The first kappa shape index (κ1) is 78.4. The second kappa shape index (κ2) is 39.0. The molecule has 0 aliphatic carbocycles. The molecule has 0 radical (unpaired) electrons. The minimum Gasteiger partial charge on any atom is -0.445 e. The van der Waals surface area contributed by atoms with Gasteiger partial charge in [0, 0.05) is 64.6 Å². The summed E-state index contributed by atoms with van der Waals surface area (Å²) < 4.78 is 17.9. The number of likely N-dealkylation sites (tertiary alicyclic amines) is 1. The van der Waals surface area contributed by atoms with E-state index in [-0.39, 0.29) is 60.5 Å². The third kappa shape index (κ3) is 23.5. The second-order valence-electron chi connectivity index (χ2n) is 25.2. The number of carbonyl (C=O) groups is 10. The smallest absolute Gasteiger partial charge is 0.410 e. The number of aliphatic hydroxyl groups is 1. The summed E-state index contributed by atoms with van der Waals surface area (Å²) in [7, 11) is 9.82. The van der Waals surface area contributed by atoms with Gasteiger partial charge in [-0.25, -0.2) is 4.79 Å². The minimum absolute atomic E-state index is 0.0599. The van der Waals surface area contributed by atoms with E-state index in [1.54, 1.807) is 96.0 Å². The number of amides is 10. The Morgan fingerprint density at radius 3 is 1.97 bits per heavy atom. The lowest BCUT2D eigenvalue weighted by Gasteiger charge is -2.41. The molecule has 1 saturated heterocycles. The van der Waals surface area contributed by atoms with Crippen molar-refractivity contribution in [2.24, 2.45) is 29.4 Å². The van der Waals surface area contributed by atoms with Crippen molar-refractivity contribution < 1.29 is 67.3 Å². The summed E-state index contributed by atoms with van der Waals surface area (Å²) in [6, 6.07) is 17.2. The van der Waals surface area contributed by atoms with Gasteiger partial charge in [-0.3, -0.25) is 48.1 Å². The summed E-state index contributed by atoms with van der Waals surface area (Å²) in [5, 5.41) is 29.9. The van der Waals surface area contributed by atoms with Gasteiger partial charge in [0.15, 0.2) is 0 Å². The van der Waals surface area contributed by atoms with Crippen molar-refractivity contribution in [3.05, 3.63) is 101 Å². The fourth-order valence-electron chi connectivity index (χ4n) is 11.7. The Morgan fingerprint density at radius 1 is 0.723 bits per heavy atom. The molecule has 10 N–H and O–H groups in total. The van der Waals surface area contributed by atoms with E-state index < -0.39 is 139 Å². The Kier molecular flexibility index (Phi) is 32.5. The molecule has 0 saturated carbocycles. The van der Waals surface area contributed by atoms with Crippen molar-refractivity contribution in [3.8, 4) is 0 Å². The van der Waals surface area contributed by atoms with Gasteiger partial charge in [-0.05, 0) is 87.8 Å². The van der Waals surface area contributed by atoms with Crippen LogP contribution in [-0.2, 0) is 65.6 Å². The zero-order valence-corrected chi connectivity index (χ0v) is 57.3. The predicted molar refractivity (Wildman–Crippen MR) is 356 cm³/mol. The maximum Gasteiger partial charge on any atom is 0.410 e. The molecule has 0 unspecified atom stereocenters. The van der Waals surface area contributed by atoms with Crippen molar-refractivity contribution >= 4 is 64.9 Å². The average molecular weight is 1310 g/mol. The van der Waals surface area contributed by atoms with Gasteiger partial charge in [0.25, 0.3) is 5.91 Å². The van der Waals surface area contributed by atoms with Crippen LogP contribution in [0.2, 0.25) is 0 Å². The second-order valence-corrected chi connectivity index (χ2v) is 25.2. The summed E-state index contributed by atoms with van der Waals surface area (Å²) in [5.41, 5.74) is 7.20. The number of methoxy groups -OCH3 is 2. The number of nitrogens with two attached hydrogens (primary N) is 1. The van der Waals surface area contributed by atoms with Crippen LogP contribution in [0.4, 0.5) is 10.5 Å². The van der Waals surface area contributed by atoms with Gasteiger partial charge < -0.3 is 77.0 Å². The molecular weight excluding hydrogens is 1210 g/mol. The fraction of sp³-hybridized carbons (Fsp3) is 0.588. The molecule has 0 aromatic heterocycles. The standard InChI is InChI=1S/C68H104N12O14/c1-15-43(6)60(53(92-13)36-57(84)80-33-22-28-52(80)62(93-14)44(7)63(86)73-45(8)61(85)47-26-20-17-21-27-47)78(11)67(90)58(41(2)3)76-66(89)59(42(4)5)79(12)68(91)94-40-48-29-30-49(35-50(48)64(87)70-31-23-32-77(9)10)74-55(82)39-72-65(88)51(34-46-24-18-16-19-25-46)75-56(83)38-71-54(81)37-69/h16-21,24-27,29-30,35,41-45,51-53,58-62,85H,15,22-23,28,31-34,36-40,69H2,1-14H3,(H,70,87)(H,71,81)(H,72,88)(H,73,86)(H,74,82)(H,75,83)(H,76,89)/t43-,44+,45+,51-,52-,53+,58-,59-,60-,61+,62+/m0/s1. The number of carbonyl (C=O) groups excluding carboxylic acids is 10. The Balaban J connectivity index is 1.47. The van der Waals surface area contributed by atoms with Crippen molar-refractivity contribution in [2.75, 3.05) is 87.0 Å². The molecule has 26 nitrogen and oxygen atoms in total. The van der Waals surface area contributed by atoms with Gasteiger partial charge in [0.05, 0.1) is 68.4 Å². The van der Waals surface area contributed by atoms with E-state index in [4.69, 9.17) is 19.9 Å². The molecule has 10 amide bonds. The van der Waals surface area contributed by atoms with E-state index in [1.807, 2.05) is 51.0 Å². The molecule has 1 aliphatic rings. The van der Waals surface area contributed by atoms with E-state index in [0.717, 1.165) is 4.90 Å². The van der Waals surface area contributed by atoms with Gasteiger partial charge in [0.2, 0.25) is 47.3 Å².